The fourth-order valence-electron chi connectivity index (χ4n) is 3.33. The normalized spacial score (nSPS) is 12.4. The van der Waals surface area contributed by atoms with Crippen LogP contribution >= 0.6 is 11.8 Å². The van der Waals surface area contributed by atoms with Crippen LogP contribution in [-0.2, 0) is 17.6 Å². The third-order valence-electron chi connectivity index (χ3n) is 4.71. The number of benzene rings is 1. The summed E-state index contributed by atoms with van der Waals surface area (Å²) in [4.78, 5) is 29.0. The molecule has 0 unspecified atom stereocenters. The summed E-state index contributed by atoms with van der Waals surface area (Å²) in [5, 5.41) is 15.7. The second-order valence-electron chi connectivity index (χ2n) is 6.74. The number of thioether (sulfide) groups is 1. The van der Waals surface area contributed by atoms with Crippen molar-refractivity contribution < 1.29 is 4.79 Å². The molecule has 0 bridgehead atoms. The molecule has 0 fully saturated rings. The summed E-state index contributed by atoms with van der Waals surface area (Å²) in [7, 11) is 0. The first-order valence-corrected chi connectivity index (χ1v) is 10.4. The number of H-pyrrole nitrogens is 1. The molecule has 146 valence electrons. The number of hydrogen-bond acceptors (Lipinski definition) is 5. The third-order valence-corrected chi connectivity index (χ3v) is 5.71. The van der Waals surface area contributed by atoms with Crippen molar-refractivity contribution in [3.05, 3.63) is 69.6 Å². The number of aromatic amines is 1. The molecule has 2 aromatic heterocycles. The molecule has 1 aliphatic carbocycles. The van der Waals surface area contributed by atoms with Crippen molar-refractivity contribution in [2.24, 2.45) is 0 Å². The summed E-state index contributed by atoms with van der Waals surface area (Å²) < 4.78 is 1.37. The summed E-state index contributed by atoms with van der Waals surface area (Å²) in [6.07, 6.45) is 3.24. The van der Waals surface area contributed by atoms with Gasteiger partial charge in [0.25, 0.3) is 5.56 Å². The van der Waals surface area contributed by atoms with E-state index in [2.05, 4.69) is 21.5 Å². The molecule has 4 rings (SSSR count). The molecule has 7 nitrogen and oxygen atoms in total. The van der Waals surface area contributed by atoms with Crippen LogP contribution < -0.4 is 10.9 Å². The highest BCUT2D eigenvalue weighted by molar-refractivity contribution is 7.99. The molecule has 8 heteroatoms. The third kappa shape index (κ3) is 4.25. The maximum absolute atomic E-state index is 12.3. The molecule has 0 aliphatic heterocycles. The van der Waals surface area contributed by atoms with Gasteiger partial charge in [-0.3, -0.25) is 14.7 Å². The molecule has 1 aliphatic rings. The Hall–Kier alpha value is -3.31. The summed E-state index contributed by atoms with van der Waals surface area (Å²) in [6, 6.07) is 14.6. The number of pyridine rings is 1. The summed E-state index contributed by atoms with van der Waals surface area (Å²) in [5.41, 5.74) is 3.24. The highest BCUT2D eigenvalue weighted by Crippen LogP contribution is 2.28. The number of carbonyl (C=O) groups is 1. The number of nitrogens with one attached hydrogen (secondary N) is 2. The van der Waals surface area contributed by atoms with Crippen LogP contribution in [0.1, 0.15) is 29.7 Å². The Kier molecular flexibility index (Phi) is 5.49. The van der Waals surface area contributed by atoms with Gasteiger partial charge in [0.15, 0.2) is 0 Å². The van der Waals surface area contributed by atoms with E-state index in [0.717, 1.165) is 30.5 Å². The van der Waals surface area contributed by atoms with E-state index >= 15 is 0 Å². The molecular weight excluding hydrogens is 386 g/mol. The fraction of sp³-hybridized carbons (Fsp3) is 0.238. The van der Waals surface area contributed by atoms with Gasteiger partial charge in [-0.05, 0) is 43.0 Å². The van der Waals surface area contributed by atoms with E-state index in [9.17, 15) is 14.9 Å². The molecule has 1 amide bonds. The predicted molar refractivity (Wildman–Crippen MR) is 111 cm³/mol. The molecule has 2 heterocycles. The molecule has 3 aromatic rings. The number of anilines is 1. The first kappa shape index (κ1) is 19.0. The minimum atomic E-state index is -0.248. The Balaban J connectivity index is 1.36. The number of aryl methyl sites for hydroxylation is 2. The number of amides is 1. The second kappa shape index (κ2) is 8.37. The van der Waals surface area contributed by atoms with Gasteiger partial charge < -0.3 is 5.32 Å². The molecule has 0 spiro atoms. The lowest BCUT2D eigenvalue weighted by atomic mass is 10.2. The predicted octanol–water partition coefficient (Wildman–Crippen LogP) is 3.04. The van der Waals surface area contributed by atoms with Crippen LogP contribution in [0.3, 0.4) is 0 Å². The number of hydrogen-bond donors (Lipinski definition) is 2. The smallest absolute Gasteiger partial charge is 0.273 e. The summed E-state index contributed by atoms with van der Waals surface area (Å²) >= 11 is 1.41. The Labute approximate surface area is 171 Å². The highest BCUT2D eigenvalue weighted by atomic mass is 32.2. The van der Waals surface area contributed by atoms with Gasteiger partial charge in [-0.25, -0.2) is 9.67 Å². The first-order valence-electron chi connectivity index (χ1n) is 9.37. The van der Waals surface area contributed by atoms with Gasteiger partial charge in [-0.1, -0.05) is 18.2 Å². The molecule has 1 aromatic carbocycles. The zero-order valence-corrected chi connectivity index (χ0v) is 16.5. The maximum Gasteiger partial charge on any atom is 0.273 e. The van der Waals surface area contributed by atoms with Crippen molar-refractivity contribution in [3.8, 4) is 11.8 Å². The van der Waals surface area contributed by atoms with Crippen molar-refractivity contribution in [1.82, 2.24) is 14.8 Å². The van der Waals surface area contributed by atoms with E-state index in [1.807, 2.05) is 24.3 Å². The van der Waals surface area contributed by atoms with Gasteiger partial charge in [-0.2, -0.15) is 5.26 Å². The SMILES string of the molecule is N#Cc1cc2c(nc1SCCC(=O)Nc1cc(=O)n(-c3ccccc3)[nH]1)CCC2. The molecule has 0 radical (unpaired) electrons. The minimum Gasteiger partial charge on any atom is -0.311 e. The van der Waals surface area contributed by atoms with E-state index in [1.54, 1.807) is 12.1 Å². The molecule has 2 N–H and O–H groups in total. The Bertz CT molecular complexity index is 1140. The average Bonchev–Trinajstić information content (AvgIpc) is 3.33. The van der Waals surface area contributed by atoms with E-state index in [4.69, 9.17) is 0 Å². The first-order chi connectivity index (χ1) is 14.1. The van der Waals surface area contributed by atoms with Crippen LogP contribution in [0, 0.1) is 11.3 Å². The van der Waals surface area contributed by atoms with Gasteiger partial charge in [0.2, 0.25) is 5.91 Å². The lowest BCUT2D eigenvalue weighted by Gasteiger charge is -2.07. The summed E-state index contributed by atoms with van der Waals surface area (Å²) in [5.74, 6) is 0.636. The molecule has 29 heavy (non-hydrogen) atoms. The average molecular weight is 405 g/mol. The van der Waals surface area contributed by atoms with Crippen LogP contribution in [0.4, 0.5) is 5.82 Å². The second-order valence-corrected chi connectivity index (χ2v) is 7.82. The number of nitriles is 1. The minimum absolute atomic E-state index is 0.210. The Morgan fingerprint density at radius 3 is 2.90 bits per heavy atom. The van der Waals surface area contributed by atoms with E-state index in [0.29, 0.717) is 27.8 Å². The standard InChI is InChI=1S/C21H19N5O2S/c22-13-15-11-14-5-4-8-17(14)23-21(15)29-10-9-19(27)24-18-12-20(28)26(25-18)16-6-2-1-3-7-16/h1-3,6-7,11-12,25H,4-5,8-10H2,(H,24,27). The molecule has 0 atom stereocenters. The van der Waals surface area contributed by atoms with Crippen molar-refractivity contribution >= 4 is 23.5 Å². The van der Waals surface area contributed by atoms with Gasteiger partial charge in [0.1, 0.15) is 16.9 Å². The fourth-order valence-corrected chi connectivity index (χ4v) is 4.24. The number of aromatic nitrogens is 3. The monoisotopic (exact) mass is 405 g/mol. The number of para-hydroxylation sites is 1. The lowest BCUT2D eigenvalue weighted by molar-refractivity contribution is -0.115. The number of fused-ring (bicyclic) bond motifs is 1. The maximum atomic E-state index is 12.3. The summed E-state index contributed by atoms with van der Waals surface area (Å²) in [6.45, 7) is 0. The number of rotatable bonds is 6. The number of nitrogens with zero attached hydrogens (tertiary/aromatic N) is 3. The van der Waals surface area contributed by atoms with Crippen molar-refractivity contribution in [3.63, 3.8) is 0 Å². The van der Waals surface area contributed by atoms with Gasteiger partial charge >= 0.3 is 0 Å². The largest absolute Gasteiger partial charge is 0.311 e. The number of carbonyl (C=O) groups excluding carboxylic acids is 1. The van der Waals surface area contributed by atoms with E-state index in [-0.39, 0.29) is 17.9 Å². The van der Waals surface area contributed by atoms with Gasteiger partial charge in [0, 0.05) is 23.9 Å². The Morgan fingerprint density at radius 1 is 1.28 bits per heavy atom. The van der Waals surface area contributed by atoms with E-state index in [1.165, 1.54) is 22.5 Å². The van der Waals surface area contributed by atoms with Crippen LogP contribution in [0.15, 0.2) is 52.3 Å². The molecule has 0 saturated carbocycles. The molecular formula is C21H19N5O2S. The van der Waals surface area contributed by atoms with Crippen LogP contribution in [0.2, 0.25) is 0 Å². The quantitative estimate of drug-likeness (QED) is 0.614. The van der Waals surface area contributed by atoms with Gasteiger partial charge in [0.05, 0.1) is 11.3 Å². The van der Waals surface area contributed by atoms with Crippen LogP contribution in [0.5, 0.6) is 0 Å². The zero-order valence-electron chi connectivity index (χ0n) is 15.6. The van der Waals surface area contributed by atoms with Crippen molar-refractivity contribution in [2.75, 3.05) is 11.1 Å². The van der Waals surface area contributed by atoms with Crippen LogP contribution in [0.25, 0.3) is 5.69 Å². The van der Waals surface area contributed by atoms with Crippen molar-refractivity contribution in [2.45, 2.75) is 30.7 Å². The van der Waals surface area contributed by atoms with E-state index < -0.39 is 0 Å². The molecule has 0 saturated heterocycles. The zero-order chi connectivity index (χ0) is 20.2. The highest BCUT2D eigenvalue weighted by Gasteiger charge is 2.17. The van der Waals surface area contributed by atoms with Crippen molar-refractivity contribution in [1.29, 1.82) is 5.26 Å². The topological polar surface area (TPSA) is 104 Å². The van der Waals surface area contributed by atoms with Gasteiger partial charge in [-0.15, -0.1) is 11.8 Å². The Morgan fingerprint density at radius 2 is 2.10 bits per heavy atom. The lowest BCUT2D eigenvalue weighted by Crippen LogP contribution is -2.14. The van der Waals surface area contributed by atoms with Crippen LogP contribution in [-0.4, -0.2) is 26.4 Å².